The van der Waals surface area contributed by atoms with Gasteiger partial charge < -0.3 is 15.3 Å². The first-order valence-electron chi connectivity index (χ1n) is 8.13. The van der Waals surface area contributed by atoms with Crippen LogP contribution in [0.2, 0.25) is 0 Å². The summed E-state index contributed by atoms with van der Waals surface area (Å²) in [5.41, 5.74) is 1.08. The summed E-state index contributed by atoms with van der Waals surface area (Å²) in [4.78, 5) is 16.5. The number of nitrogens with zero attached hydrogens (tertiary/aromatic N) is 2. The monoisotopic (exact) mass is 341 g/mol. The van der Waals surface area contributed by atoms with Gasteiger partial charge in [-0.3, -0.25) is 9.69 Å². The van der Waals surface area contributed by atoms with Gasteiger partial charge in [-0.05, 0) is 31.2 Å². The molecule has 1 fully saturated rings. The molecule has 1 amide bonds. The number of rotatable bonds is 6. The number of carbonyl (C=O) groups excluding carboxylic acids is 1. The van der Waals surface area contributed by atoms with Gasteiger partial charge in [0.2, 0.25) is 5.91 Å². The number of hydrogen-bond acceptors (Lipinski definition) is 4. The minimum atomic E-state index is 0. The number of phenols is 1. The summed E-state index contributed by atoms with van der Waals surface area (Å²) in [5, 5.41) is 12.9. The predicted octanol–water partition coefficient (Wildman–Crippen LogP) is 2.02. The molecule has 1 heterocycles. The van der Waals surface area contributed by atoms with Crippen LogP contribution in [0.25, 0.3) is 0 Å². The highest BCUT2D eigenvalue weighted by atomic mass is 35.5. The fraction of sp³-hybridized carbons (Fsp3) is 0.588. The van der Waals surface area contributed by atoms with Gasteiger partial charge in [0, 0.05) is 45.2 Å². The molecule has 23 heavy (non-hydrogen) atoms. The van der Waals surface area contributed by atoms with Crippen LogP contribution >= 0.6 is 12.4 Å². The van der Waals surface area contributed by atoms with E-state index in [-0.39, 0.29) is 30.1 Å². The van der Waals surface area contributed by atoms with Crippen LogP contribution < -0.4 is 5.32 Å². The lowest BCUT2D eigenvalue weighted by Gasteiger charge is -2.31. The van der Waals surface area contributed by atoms with E-state index in [1.165, 1.54) is 0 Å². The zero-order valence-corrected chi connectivity index (χ0v) is 14.8. The number of aromatic hydroxyl groups is 1. The molecule has 1 aromatic rings. The zero-order chi connectivity index (χ0) is 15.9. The van der Waals surface area contributed by atoms with Crippen molar-refractivity contribution in [3.8, 4) is 5.75 Å². The summed E-state index contributed by atoms with van der Waals surface area (Å²) < 4.78 is 0. The van der Waals surface area contributed by atoms with Crippen LogP contribution in [0.4, 0.5) is 0 Å². The Morgan fingerprint density at radius 1 is 1.39 bits per heavy atom. The zero-order valence-electron chi connectivity index (χ0n) is 14.0. The van der Waals surface area contributed by atoms with Crippen molar-refractivity contribution in [1.82, 2.24) is 15.1 Å². The minimum absolute atomic E-state index is 0. The van der Waals surface area contributed by atoms with E-state index in [4.69, 9.17) is 0 Å². The molecule has 130 valence electrons. The van der Waals surface area contributed by atoms with Crippen LogP contribution in [-0.2, 0) is 4.79 Å². The Labute approximate surface area is 145 Å². The Morgan fingerprint density at radius 3 is 2.70 bits per heavy atom. The van der Waals surface area contributed by atoms with Crippen LogP contribution in [0.1, 0.15) is 31.9 Å². The van der Waals surface area contributed by atoms with Crippen molar-refractivity contribution in [3.05, 3.63) is 29.8 Å². The molecule has 0 spiro atoms. The molecular weight excluding hydrogens is 314 g/mol. The largest absolute Gasteiger partial charge is 0.508 e. The lowest BCUT2D eigenvalue weighted by Crippen LogP contribution is -2.47. The molecule has 1 aliphatic heterocycles. The first-order chi connectivity index (χ1) is 10.6. The predicted molar refractivity (Wildman–Crippen MR) is 95.1 cm³/mol. The second-order valence-electron chi connectivity index (χ2n) is 5.78. The molecule has 5 nitrogen and oxygen atoms in total. The fourth-order valence-corrected chi connectivity index (χ4v) is 2.93. The van der Waals surface area contributed by atoms with Crippen LogP contribution in [0.15, 0.2) is 24.3 Å². The molecule has 0 bridgehead atoms. The molecule has 1 aromatic carbocycles. The summed E-state index contributed by atoms with van der Waals surface area (Å²) in [6, 6.07) is 7.55. The van der Waals surface area contributed by atoms with E-state index in [0.717, 1.165) is 44.8 Å². The molecule has 1 unspecified atom stereocenters. The Hall–Kier alpha value is -1.30. The molecule has 0 radical (unpaired) electrons. The highest BCUT2D eigenvalue weighted by Gasteiger charge is 2.19. The minimum Gasteiger partial charge on any atom is -0.508 e. The highest BCUT2D eigenvalue weighted by molar-refractivity contribution is 5.85. The van der Waals surface area contributed by atoms with Gasteiger partial charge in [0.05, 0.1) is 0 Å². The third kappa shape index (κ3) is 5.68. The Kier molecular flexibility index (Phi) is 8.37. The number of phenolic OH excluding ortho intramolecular Hbond substituents is 1. The van der Waals surface area contributed by atoms with Gasteiger partial charge >= 0.3 is 0 Å². The highest BCUT2D eigenvalue weighted by Crippen LogP contribution is 2.23. The lowest BCUT2D eigenvalue weighted by atomic mass is 10.1. The maximum atomic E-state index is 12.3. The van der Waals surface area contributed by atoms with Gasteiger partial charge in [-0.1, -0.05) is 19.1 Å². The van der Waals surface area contributed by atoms with Gasteiger partial charge in [0.15, 0.2) is 0 Å². The summed E-state index contributed by atoms with van der Waals surface area (Å²) >= 11 is 0. The standard InChI is InChI=1S/C17H27N3O2.ClH/c1-3-19(14(2)15-5-4-6-16(21)13-15)10-7-17(22)20-11-8-18-9-12-20;/h4-6,13-14,18,21H,3,7-12H2,1-2H3;1H. The van der Waals surface area contributed by atoms with Crippen molar-refractivity contribution in [2.45, 2.75) is 26.3 Å². The lowest BCUT2D eigenvalue weighted by molar-refractivity contribution is -0.132. The molecule has 2 N–H and O–H groups in total. The normalized spacial score (nSPS) is 16.0. The van der Waals surface area contributed by atoms with Crippen LogP contribution in [0.3, 0.4) is 0 Å². The van der Waals surface area contributed by atoms with E-state index in [9.17, 15) is 9.90 Å². The first kappa shape index (κ1) is 19.7. The Bertz CT molecular complexity index is 492. The van der Waals surface area contributed by atoms with Crippen molar-refractivity contribution < 1.29 is 9.90 Å². The number of nitrogens with one attached hydrogen (secondary N) is 1. The maximum absolute atomic E-state index is 12.3. The van der Waals surface area contributed by atoms with Crippen molar-refractivity contribution >= 4 is 18.3 Å². The summed E-state index contributed by atoms with van der Waals surface area (Å²) in [6.07, 6.45) is 0.553. The summed E-state index contributed by atoms with van der Waals surface area (Å²) in [5.74, 6) is 0.528. The van der Waals surface area contributed by atoms with Crippen molar-refractivity contribution in [1.29, 1.82) is 0 Å². The summed E-state index contributed by atoms with van der Waals surface area (Å²) in [7, 11) is 0. The van der Waals surface area contributed by atoms with E-state index in [0.29, 0.717) is 6.42 Å². The smallest absolute Gasteiger partial charge is 0.223 e. The number of halogens is 1. The third-order valence-electron chi connectivity index (χ3n) is 4.39. The first-order valence-corrected chi connectivity index (χ1v) is 8.13. The molecule has 0 saturated carbocycles. The molecule has 1 saturated heterocycles. The topological polar surface area (TPSA) is 55.8 Å². The summed E-state index contributed by atoms with van der Waals surface area (Å²) in [6.45, 7) is 9.26. The van der Waals surface area contributed by atoms with Crippen LogP contribution in [-0.4, -0.2) is 60.1 Å². The van der Waals surface area contributed by atoms with Crippen LogP contribution in [0, 0.1) is 0 Å². The molecule has 1 aliphatic rings. The van der Waals surface area contributed by atoms with Gasteiger partial charge in [0.25, 0.3) is 0 Å². The van der Waals surface area contributed by atoms with Gasteiger partial charge in [-0.15, -0.1) is 12.4 Å². The van der Waals surface area contributed by atoms with Gasteiger partial charge in [-0.25, -0.2) is 0 Å². The van der Waals surface area contributed by atoms with Crippen molar-refractivity contribution in [2.24, 2.45) is 0 Å². The van der Waals surface area contributed by atoms with E-state index in [2.05, 4.69) is 24.1 Å². The molecule has 6 heteroatoms. The maximum Gasteiger partial charge on any atom is 0.223 e. The number of carbonyl (C=O) groups is 1. The number of piperazine rings is 1. The fourth-order valence-electron chi connectivity index (χ4n) is 2.93. The number of benzene rings is 1. The Balaban J connectivity index is 0.00000264. The van der Waals surface area contributed by atoms with Gasteiger partial charge in [-0.2, -0.15) is 0 Å². The SMILES string of the molecule is CCN(CCC(=O)N1CCNCC1)C(C)c1cccc(O)c1.Cl. The second-order valence-corrected chi connectivity index (χ2v) is 5.78. The molecular formula is C17H28ClN3O2. The molecule has 0 aliphatic carbocycles. The second kappa shape index (κ2) is 9.75. The quantitative estimate of drug-likeness (QED) is 0.831. The van der Waals surface area contributed by atoms with E-state index in [1.807, 2.05) is 17.0 Å². The number of hydrogen-bond donors (Lipinski definition) is 2. The van der Waals surface area contributed by atoms with Crippen molar-refractivity contribution in [2.75, 3.05) is 39.3 Å². The van der Waals surface area contributed by atoms with Crippen LogP contribution in [0.5, 0.6) is 5.75 Å². The van der Waals surface area contributed by atoms with Crippen molar-refractivity contribution in [3.63, 3.8) is 0 Å². The average Bonchev–Trinajstić information content (AvgIpc) is 2.55. The Morgan fingerprint density at radius 2 is 2.09 bits per heavy atom. The average molecular weight is 342 g/mol. The van der Waals surface area contributed by atoms with E-state index < -0.39 is 0 Å². The van der Waals surface area contributed by atoms with E-state index in [1.54, 1.807) is 12.1 Å². The third-order valence-corrected chi connectivity index (χ3v) is 4.39. The molecule has 0 aromatic heterocycles. The molecule has 2 rings (SSSR count). The van der Waals surface area contributed by atoms with Gasteiger partial charge in [0.1, 0.15) is 5.75 Å². The number of amides is 1. The van der Waals surface area contributed by atoms with E-state index >= 15 is 0 Å². The molecule has 1 atom stereocenters.